The summed E-state index contributed by atoms with van der Waals surface area (Å²) in [6.45, 7) is 2.25. The quantitative estimate of drug-likeness (QED) is 0.699. The molecule has 2 saturated heterocycles. The highest BCUT2D eigenvalue weighted by molar-refractivity contribution is 8.01. The van der Waals surface area contributed by atoms with Crippen molar-refractivity contribution in [2.45, 2.75) is 30.7 Å². The molecule has 2 fully saturated rings. The molecule has 0 aromatic heterocycles. The van der Waals surface area contributed by atoms with Crippen LogP contribution in [0.4, 0.5) is 0 Å². The molecule has 2 unspecified atom stereocenters. The van der Waals surface area contributed by atoms with Gasteiger partial charge in [-0.05, 0) is 13.3 Å². The Bertz CT molecular complexity index is 377. The van der Waals surface area contributed by atoms with Crippen LogP contribution in [0.5, 0.6) is 0 Å². The Kier molecular flexibility index (Phi) is 2.85. The third-order valence-electron chi connectivity index (χ3n) is 3.11. The van der Waals surface area contributed by atoms with Crippen LogP contribution in [0.25, 0.3) is 0 Å². The van der Waals surface area contributed by atoms with Crippen molar-refractivity contribution in [2.24, 2.45) is 0 Å². The number of hydrogen-bond donors (Lipinski definition) is 1. The molecule has 1 N–H and O–H groups in total. The van der Waals surface area contributed by atoms with Gasteiger partial charge < -0.3 is 10.2 Å². The van der Waals surface area contributed by atoms with Crippen LogP contribution in [-0.4, -0.2) is 39.9 Å². The predicted octanol–water partition coefficient (Wildman–Crippen LogP) is 0.190. The van der Waals surface area contributed by atoms with Gasteiger partial charge in [0.1, 0.15) is 6.04 Å². The summed E-state index contributed by atoms with van der Waals surface area (Å²) in [5.74, 6) is 2.97. The van der Waals surface area contributed by atoms with E-state index < -0.39 is 0 Å². The second-order valence-corrected chi connectivity index (χ2v) is 5.69. The van der Waals surface area contributed by atoms with Gasteiger partial charge in [-0.3, -0.25) is 9.59 Å². The van der Waals surface area contributed by atoms with Crippen molar-refractivity contribution in [3.8, 4) is 12.3 Å². The Morgan fingerprint density at radius 3 is 3.25 bits per heavy atom. The van der Waals surface area contributed by atoms with Gasteiger partial charge >= 0.3 is 0 Å². The topological polar surface area (TPSA) is 49.4 Å². The maximum Gasteiger partial charge on any atom is 0.244 e. The normalized spacial score (nSPS) is 32.4. The van der Waals surface area contributed by atoms with Crippen LogP contribution in [0.3, 0.4) is 0 Å². The van der Waals surface area contributed by atoms with E-state index >= 15 is 0 Å². The van der Waals surface area contributed by atoms with E-state index in [4.69, 9.17) is 6.42 Å². The van der Waals surface area contributed by atoms with Crippen LogP contribution < -0.4 is 5.32 Å². The maximum atomic E-state index is 11.8. The largest absolute Gasteiger partial charge is 0.343 e. The molecule has 0 saturated carbocycles. The standard InChI is InChI=1S/C11H14N2O2S/c1-3-6-12-10(15)8-7-16-11(2)5-4-9(14)13(8)11/h1,8H,4-7H2,2H3,(H,12,15). The van der Waals surface area contributed by atoms with Crippen LogP contribution in [0, 0.1) is 12.3 Å². The van der Waals surface area contributed by atoms with E-state index in [9.17, 15) is 9.59 Å². The molecular weight excluding hydrogens is 224 g/mol. The Balaban J connectivity index is 2.10. The third-order valence-corrected chi connectivity index (χ3v) is 4.62. The molecular formula is C11H14N2O2S. The van der Waals surface area contributed by atoms with E-state index in [1.54, 1.807) is 16.7 Å². The molecule has 2 aliphatic rings. The second-order valence-electron chi connectivity index (χ2n) is 4.19. The molecule has 0 aromatic carbocycles. The SMILES string of the molecule is C#CCNC(=O)C1CSC2(C)CCC(=O)N12. The van der Waals surface area contributed by atoms with Crippen molar-refractivity contribution in [3.05, 3.63) is 0 Å². The lowest BCUT2D eigenvalue weighted by Crippen LogP contribution is -2.50. The molecule has 16 heavy (non-hydrogen) atoms. The van der Waals surface area contributed by atoms with Crippen LogP contribution in [0.1, 0.15) is 19.8 Å². The number of terminal acetylenes is 1. The predicted molar refractivity (Wildman–Crippen MR) is 62.6 cm³/mol. The molecule has 86 valence electrons. The van der Waals surface area contributed by atoms with Crippen molar-refractivity contribution in [3.63, 3.8) is 0 Å². The Morgan fingerprint density at radius 2 is 2.56 bits per heavy atom. The number of carbonyl (C=O) groups excluding carboxylic acids is 2. The highest BCUT2D eigenvalue weighted by atomic mass is 32.2. The molecule has 0 aliphatic carbocycles. The zero-order valence-corrected chi connectivity index (χ0v) is 9.97. The number of thioether (sulfide) groups is 1. The summed E-state index contributed by atoms with van der Waals surface area (Å²) in [7, 11) is 0. The fourth-order valence-corrected chi connectivity index (χ4v) is 3.70. The van der Waals surface area contributed by atoms with Gasteiger partial charge in [0.25, 0.3) is 0 Å². The van der Waals surface area contributed by atoms with Crippen molar-refractivity contribution in [1.82, 2.24) is 10.2 Å². The summed E-state index contributed by atoms with van der Waals surface area (Å²) >= 11 is 1.68. The van der Waals surface area contributed by atoms with E-state index in [1.807, 2.05) is 6.92 Å². The number of fused-ring (bicyclic) bond motifs is 1. The Morgan fingerprint density at radius 1 is 1.81 bits per heavy atom. The van der Waals surface area contributed by atoms with Gasteiger partial charge in [0.2, 0.25) is 11.8 Å². The van der Waals surface area contributed by atoms with Gasteiger partial charge in [-0.1, -0.05) is 5.92 Å². The van der Waals surface area contributed by atoms with E-state index in [0.29, 0.717) is 12.2 Å². The zero-order chi connectivity index (χ0) is 11.8. The first-order valence-electron chi connectivity index (χ1n) is 5.26. The molecule has 2 amide bonds. The van der Waals surface area contributed by atoms with Gasteiger partial charge in [0.15, 0.2) is 0 Å². The highest BCUT2D eigenvalue weighted by Gasteiger charge is 2.52. The molecule has 0 bridgehead atoms. The van der Waals surface area contributed by atoms with Crippen molar-refractivity contribution < 1.29 is 9.59 Å². The molecule has 0 radical (unpaired) electrons. The van der Waals surface area contributed by atoms with Crippen LogP contribution in [0.15, 0.2) is 0 Å². The van der Waals surface area contributed by atoms with Crippen LogP contribution in [0.2, 0.25) is 0 Å². The van der Waals surface area contributed by atoms with E-state index in [2.05, 4.69) is 11.2 Å². The van der Waals surface area contributed by atoms with Crippen LogP contribution in [-0.2, 0) is 9.59 Å². The first-order chi connectivity index (χ1) is 7.58. The van der Waals surface area contributed by atoms with Gasteiger partial charge in [0, 0.05) is 12.2 Å². The smallest absolute Gasteiger partial charge is 0.244 e. The van der Waals surface area contributed by atoms with E-state index in [0.717, 1.165) is 6.42 Å². The summed E-state index contributed by atoms with van der Waals surface area (Å²) in [5.41, 5.74) is 0. The van der Waals surface area contributed by atoms with Crippen molar-refractivity contribution in [1.29, 1.82) is 0 Å². The number of nitrogens with zero attached hydrogens (tertiary/aromatic N) is 1. The molecule has 2 atom stereocenters. The summed E-state index contributed by atoms with van der Waals surface area (Å²) in [4.78, 5) is 25.1. The lowest BCUT2D eigenvalue weighted by atomic mass is 10.2. The average Bonchev–Trinajstić information content (AvgIpc) is 2.73. The first-order valence-corrected chi connectivity index (χ1v) is 6.24. The van der Waals surface area contributed by atoms with Crippen molar-refractivity contribution in [2.75, 3.05) is 12.3 Å². The third kappa shape index (κ3) is 1.67. The lowest BCUT2D eigenvalue weighted by molar-refractivity contribution is -0.137. The monoisotopic (exact) mass is 238 g/mol. The summed E-state index contributed by atoms with van der Waals surface area (Å²) in [6.07, 6.45) is 6.46. The molecule has 0 spiro atoms. The average molecular weight is 238 g/mol. The fraction of sp³-hybridized carbons (Fsp3) is 0.636. The molecule has 0 aromatic rings. The van der Waals surface area contributed by atoms with Crippen molar-refractivity contribution >= 4 is 23.6 Å². The van der Waals surface area contributed by atoms with Gasteiger partial charge in [-0.2, -0.15) is 0 Å². The maximum absolute atomic E-state index is 11.8. The lowest BCUT2D eigenvalue weighted by Gasteiger charge is -2.29. The minimum Gasteiger partial charge on any atom is -0.343 e. The number of nitrogens with one attached hydrogen (secondary N) is 1. The molecule has 2 aliphatic heterocycles. The number of hydrogen-bond acceptors (Lipinski definition) is 3. The van der Waals surface area contributed by atoms with E-state index in [1.165, 1.54) is 0 Å². The molecule has 4 nitrogen and oxygen atoms in total. The summed E-state index contributed by atoms with van der Waals surface area (Å²) in [5, 5.41) is 2.64. The number of rotatable bonds is 2. The van der Waals surface area contributed by atoms with Gasteiger partial charge in [-0.25, -0.2) is 0 Å². The van der Waals surface area contributed by atoms with Gasteiger partial charge in [-0.15, -0.1) is 18.2 Å². The second kappa shape index (κ2) is 4.02. The highest BCUT2D eigenvalue weighted by Crippen LogP contribution is 2.47. The van der Waals surface area contributed by atoms with E-state index in [-0.39, 0.29) is 29.3 Å². The molecule has 5 heteroatoms. The molecule has 2 rings (SSSR count). The summed E-state index contributed by atoms with van der Waals surface area (Å²) in [6, 6.07) is -0.349. The number of carbonyl (C=O) groups is 2. The molecule has 2 heterocycles. The number of amides is 2. The minimum atomic E-state index is -0.349. The fourth-order valence-electron chi connectivity index (χ4n) is 2.27. The Labute approximate surface area is 99.1 Å². The first kappa shape index (κ1) is 11.3. The Hall–Kier alpha value is -1.15. The van der Waals surface area contributed by atoms with Gasteiger partial charge in [0.05, 0.1) is 11.4 Å². The summed E-state index contributed by atoms with van der Waals surface area (Å²) < 4.78 is 0. The van der Waals surface area contributed by atoms with Crippen LogP contribution >= 0.6 is 11.8 Å². The zero-order valence-electron chi connectivity index (χ0n) is 9.16. The minimum absolute atomic E-state index is 0.0772.